The first-order valence-corrected chi connectivity index (χ1v) is 9.36. The molecule has 5 aromatic rings. The Morgan fingerprint density at radius 2 is 1.79 bits per heavy atom. The molecule has 0 spiro atoms. The summed E-state index contributed by atoms with van der Waals surface area (Å²) in [6.07, 6.45) is 4.24. The molecular formula is C23H14N5+. The van der Waals surface area contributed by atoms with Crippen LogP contribution in [0.3, 0.4) is 0 Å². The van der Waals surface area contributed by atoms with E-state index in [1.54, 1.807) is 0 Å². The molecule has 0 saturated heterocycles. The number of rotatable bonds is 0. The van der Waals surface area contributed by atoms with Crippen LogP contribution in [0.5, 0.6) is 0 Å². The van der Waals surface area contributed by atoms with E-state index in [1.165, 1.54) is 0 Å². The maximum Gasteiger partial charge on any atom is 0.334 e. The second kappa shape index (κ2) is 4.89. The van der Waals surface area contributed by atoms with Gasteiger partial charge in [-0.25, -0.2) is 14.5 Å². The Bertz CT molecular complexity index is 1740. The zero-order chi connectivity index (χ0) is 18.2. The molecule has 2 aromatic carbocycles. The third-order valence-corrected chi connectivity index (χ3v) is 5.66. The number of benzene rings is 2. The van der Waals surface area contributed by atoms with Gasteiger partial charge >= 0.3 is 5.82 Å². The number of para-hydroxylation sites is 4. The molecule has 2 aliphatic rings. The minimum Gasteiger partial charge on any atom is -0.299 e. The van der Waals surface area contributed by atoms with Gasteiger partial charge in [-0.3, -0.25) is 4.40 Å². The highest BCUT2D eigenvalue weighted by atomic mass is 15.2. The number of imidazole rings is 1. The highest BCUT2D eigenvalue weighted by molar-refractivity contribution is 5.96. The second-order valence-electron chi connectivity index (χ2n) is 7.20. The van der Waals surface area contributed by atoms with E-state index >= 15 is 0 Å². The molecule has 0 N–H and O–H groups in total. The van der Waals surface area contributed by atoms with Crippen LogP contribution in [0, 0.1) is 0 Å². The van der Waals surface area contributed by atoms with E-state index in [4.69, 9.17) is 15.0 Å². The van der Waals surface area contributed by atoms with E-state index < -0.39 is 0 Å². The lowest BCUT2D eigenvalue weighted by molar-refractivity contribution is 0.832. The summed E-state index contributed by atoms with van der Waals surface area (Å²) in [5, 5.41) is 5.28. The fourth-order valence-electron chi connectivity index (χ4n) is 4.36. The number of fused-ring (bicyclic) bond motifs is 8. The first-order chi connectivity index (χ1) is 13.9. The first kappa shape index (κ1) is 14.2. The van der Waals surface area contributed by atoms with Gasteiger partial charge in [0.25, 0.3) is 0 Å². The van der Waals surface area contributed by atoms with Crippen LogP contribution < -0.4 is 25.9 Å². The van der Waals surface area contributed by atoms with E-state index in [2.05, 4.69) is 57.6 Å². The minimum absolute atomic E-state index is 0.789. The Labute approximate surface area is 158 Å². The van der Waals surface area contributed by atoms with Crippen molar-refractivity contribution in [3.05, 3.63) is 88.1 Å². The Balaban J connectivity index is 1.69. The molecule has 0 atom stereocenters. The molecule has 0 bridgehead atoms. The summed E-state index contributed by atoms with van der Waals surface area (Å²) in [6.45, 7) is 0.789. The first-order valence-electron chi connectivity index (χ1n) is 9.36. The molecule has 5 heteroatoms. The van der Waals surface area contributed by atoms with Gasteiger partial charge in [0.1, 0.15) is 12.2 Å². The smallest absolute Gasteiger partial charge is 0.299 e. The van der Waals surface area contributed by atoms with Crippen LogP contribution in [-0.2, 0) is 0 Å². The molecule has 3 aromatic heterocycles. The highest BCUT2D eigenvalue weighted by Crippen LogP contribution is 2.21. The number of pyridine rings is 2. The molecular weight excluding hydrogens is 346 g/mol. The summed E-state index contributed by atoms with van der Waals surface area (Å²) in [5.74, 6) is 0.978. The number of hydrogen-bond acceptors (Lipinski definition) is 3. The van der Waals surface area contributed by atoms with Gasteiger partial charge in [0.15, 0.2) is 5.36 Å². The van der Waals surface area contributed by atoms with Gasteiger partial charge in [-0.2, -0.15) is 0 Å². The Morgan fingerprint density at radius 1 is 0.893 bits per heavy atom. The second-order valence-corrected chi connectivity index (χ2v) is 7.20. The van der Waals surface area contributed by atoms with Crippen LogP contribution in [-0.4, -0.2) is 20.9 Å². The van der Waals surface area contributed by atoms with Crippen molar-refractivity contribution in [3.8, 4) is 0 Å². The van der Waals surface area contributed by atoms with Crippen LogP contribution in [0.1, 0.15) is 0 Å². The maximum absolute atomic E-state index is 4.94. The van der Waals surface area contributed by atoms with E-state index in [9.17, 15) is 0 Å². The number of aromatic nitrogens is 3. The van der Waals surface area contributed by atoms with Crippen molar-refractivity contribution in [1.29, 1.82) is 0 Å². The van der Waals surface area contributed by atoms with Crippen LogP contribution in [0.25, 0.3) is 39.5 Å². The molecule has 0 aliphatic carbocycles. The predicted octanol–water partition coefficient (Wildman–Crippen LogP) is 0.720. The molecule has 0 fully saturated rings. The summed E-state index contributed by atoms with van der Waals surface area (Å²) in [5.41, 5.74) is 3.99. The third kappa shape index (κ3) is 1.71. The van der Waals surface area contributed by atoms with Crippen molar-refractivity contribution in [2.45, 2.75) is 0 Å². The van der Waals surface area contributed by atoms with Gasteiger partial charge in [-0.1, -0.05) is 24.3 Å². The van der Waals surface area contributed by atoms with Gasteiger partial charge in [-0.05, 0) is 47.5 Å². The third-order valence-electron chi connectivity index (χ3n) is 5.66. The zero-order valence-corrected chi connectivity index (χ0v) is 14.9. The monoisotopic (exact) mass is 360 g/mol. The van der Waals surface area contributed by atoms with Gasteiger partial charge in [0.2, 0.25) is 5.36 Å². The van der Waals surface area contributed by atoms with Crippen molar-refractivity contribution in [1.82, 2.24) is 18.9 Å². The van der Waals surface area contributed by atoms with Gasteiger partial charge in [0.05, 0.1) is 27.1 Å². The number of nitrogens with zero attached hydrogens (tertiary/aromatic N) is 5. The van der Waals surface area contributed by atoms with Crippen LogP contribution in [0.4, 0.5) is 0 Å². The summed E-state index contributed by atoms with van der Waals surface area (Å²) in [4.78, 5) is 14.7. The minimum atomic E-state index is 0.789. The largest absolute Gasteiger partial charge is 0.334 e. The summed E-state index contributed by atoms with van der Waals surface area (Å²) < 4.78 is 4.40. The van der Waals surface area contributed by atoms with E-state index in [1.807, 2.05) is 24.3 Å². The van der Waals surface area contributed by atoms with Gasteiger partial charge in [-0.15, -0.1) is 0 Å². The van der Waals surface area contributed by atoms with E-state index in [-0.39, 0.29) is 0 Å². The van der Waals surface area contributed by atoms with Crippen molar-refractivity contribution in [2.24, 2.45) is 4.99 Å². The van der Waals surface area contributed by atoms with E-state index in [0.29, 0.717) is 0 Å². The summed E-state index contributed by atoms with van der Waals surface area (Å²) in [6, 6.07) is 20.8. The van der Waals surface area contributed by atoms with E-state index in [0.717, 1.165) is 61.2 Å². The van der Waals surface area contributed by atoms with Crippen LogP contribution in [0.2, 0.25) is 0 Å². The maximum atomic E-state index is 4.94. The lowest BCUT2D eigenvalue weighted by atomic mass is 10.2. The molecule has 0 radical (unpaired) electrons. The average Bonchev–Trinajstić information content (AvgIpc) is 3.31. The van der Waals surface area contributed by atoms with Crippen molar-refractivity contribution in [3.63, 3.8) is 0 Å². The topological polar surface area (TPSA) is 45.6 Å². The molecule has 0 unspecified atom stereocenters. The van der Waals surface area contributed by atoms with Crippen molar-refractivity contribution in [2.75, 3.05) is 6.54 Å². The molecule has 7 rings (SSSR count). The van der Waals surface area contributed by atoms with Crippen LogP contribution in [0.15, 0.2) is 71.9 Å². The average molecular weight is 360 g/mol. The highest BCUT2D eigenvalue weighted by Gasteiger charge is 2.25. The molecule has 28 heavy (non-hydrogen) atoms. The zero-order valence-electron chi connectivity index (χ0n) is 14.9. The lowest BCUT2D eigenvalue weighted by Gasteiger charge is -2.06. The predicted molar refractivity (Wildman–Crippen MR) is 108 cm³/mol. The molecule has 5 nitrogen and oxygen atoms in total. The standard InChI is InChI=1S/C23H14N5/c1-3-7-20-18(5-1)25-22-14-13-15-17(24-16(14)9-11-27(20)22)10-12-28-21-8-4-2-6-19(21)26-23(15)28/h1-11,13H,12H2/q+1. The Kier molecular flexibility index (Phi) is 2.49. The quantitative estimate of drug-likeness (QED) is 0.382. The summed E-state index contributed by atoms with van der Waals surface area (Å²) >= 11 is 0. The summed E-state index contributed by atoms with van der Waals surface area (Å²) in [7, 11) is 0. The van der Waals surface area contributed by atoms with Crippen molar-refractivity contribution >= 4 is 39.5 Å². The molecule has 0 saturated carbocycles. The van der Waals surface area contributed by atoms with Gasteiger partial charge < -0.3 is 0 Å². The van der Waals surface area contributed by atoms with Crippen LogP contribution >= 0.6 is 0 Å². The molecule has 130 valence electrons. The lowest BCUT2D eigenvalue weighted by Crippen LogP contribution is -2.42. The fraction of sp³-hybridized carbons (Fsp3) is 0.0435. The SMILES string of the molecule is C1=c2nc3ccn4c5ccccc5nc4c3cc2=C2N=c3ccccc3=[N+]2C1. The molecule has 5 heterocycles. The molecule has 0 amide bonds. The van der Waals surface area contributed by atoms with Gasteiger partial charge in [0, 0.05) is 11.6 Å². The number of hydrogen-bond donors (Lipinski definition) is 0. The Hall–Kier alpha value is -3.86. The Morgan fingerprint density at radius 3 is 2.79 bits per heavy atom. The van der Waals surface area contributed by atoms with Crippen molar-refractivity contribution < 1.29 is 0 Å². The fourth-order valence-corrected chi connectivity index (χ4v) is 4.36. The normalized spacial score (nSPS) is 14.7. The molecule has 2 aliphatic heterocycles.